The number of carbonyl (C=O) groups excluding carboxylic acids is 1. The SMILES string of the molecule is O=C(/C=C\c1ccccc1)Nc1ccc2c3c(cccc13)CC2. The summed E-state index contributed by atoms with van der Waals surface area (Å²) in [6, 6.07) is 20.3. The molecule has 3 aromatic carbocycles. The monoisotopic (exact) mass is 299 g/mol. The number of hydrogen-bond donors (Lipinski definition) is 1. The summed E-state index contributed by atoms with van der Waals surface area (Å²) in [4.78, 5) is 12.2. The van der Waals surface area contributed by atoms with Crippen molar-refractivity contribution in [2.75, 3.05) is 5.32 Å². The Labute approximate surface area is 135 Å². The lowest BCUT2D eigenvalue weighted by atomic mass is 10.0. The summed E-state index contributed by atoms with van der Waals surface area (Å²) in [5.41, 5.74) is 4.67. The molecule has 112 valence electrons. The third kappa shape index (κ3) is 2.64. The third-order valence-corrected chi connectivity index (χ3v) is 4.36. The summed E-state index contributed by atoms with van der Waals surface area (Å²) >= 11 is 0. The fraction of sp³-hybridized carbons (Fsp3) is 0.0952. The van der Waals surface area contributed by atoms with Crippen molar-refractivity contribution < 1.29 is 4.79 Å². The van der Waals surface area contributed by atoms with E-state index >= 15 is 0 Å². The van der Waals surface area contributed by atoms with Gasteiger partial charge in [-0.1, -0.05) is 54.6 Å². The molecule has 1 aliphatic carbocycles. The number of rotatable bonds is 3. The van der Waals surface area contributed by atoms with Gasteiger partial charge in [-0.05, 0) is 47.1 Å². The number of carbonyl (C=O) groups is 1. The molecular weight excluding hydrogens is 282 g/mol. The van der Waals surface area contributed by atoms with Crippen molar-refractivity contribution in [1.29, 1.82) is 0 Å². The lowest BCUT2D eigenvalue weighted by molar-refractivity contribution is -0.111. The molecule has 23 heavy (non-hydrogen) atoms. The molecule has 0 fully saturated rings. The summed E-state index contributed by atoms with van der Waals surface area (Å²) < 4.78 is 0. The number of hydrogen-bond acceptors (Lipinski definition) is 1. The molecule has 1 amide bonds. The molecule has 0 aliphatic heterocycles. The second-order valence-electron chi connectivity index (χ2n) is 5.85. The van der Waals surface area contributed by atoms with Gasteiger partial charge in [0.1, 0.15) is 0 Å². The first-order valence-electron chi connectivity index (χ1n) is 7.89. The summed E-state index contributed by atoms with van der Waals surface area (Å²) in [7, 11) is 0. The van der Waals surface area contributed by atoms with Crippen LogP contribution in [0.25, 0.3) is 16.8 Å². The quantitative estimate of drug-likeness (QED) is 0.704. The van der Waals surface area contributed by atoms with Gasteiger partial charge in [0.05, 0.1) is 0 Å². The second kappa shape index (κ2) is 5.73. The zero-order valence-electron chi connectivity index (χ0n) is 12.8. The highest BCUT2D eigenvalue weighted by Crippen LogP contribution is 2.34. The molecule has 1 aliphatic rings. The minimum atomic E-state index is -0.104. The molecule has 2 nitrogen and oxygen atoms in total. The Morgan fingerprint density at radius 2 is 1.65 bits per heavy atom. The van der Waals surface area contributed by atoms with E-state index in [4.69, 9.17) is 0 Å². The van der Waals surface area contributed by atoms with Crippen LogP contribution in [0, 0.1) is 0 Å². The summed E-state index contributed by atoms with van der Waals surface area (Å²) in [6.07, 6.45) is 5.60. The maximum atomic E-state index is 12.2. The maximum absolute atomic E-state index is 12.2. The van der Waals surface area contributed by atoms with Crippen molar-refractivity contribution in [3.63, 3.8) is 0 Å². The van der Waals surface area contributed by atoms with Crippen molar-refractivity contribution in [1.82, 2.24) is 0 Å². The van der Waals surface area contributed by atoms with Crippen LogP contribution in [0.5, 0.6) is 0 Å². The summed E-state index contributed by atoms with van der Waals surface area (Å²) in [5.74, 6) is -0.104. The Hall–Kier alpha value is -2.87. The lowest BCUT2D eigenvalue weighted by Crippen LogP contribution is -2.08. The zero-order valence-corrected chi connectivity index (χ0v) is 12.8. The Bertz CT molecular complexity index is 900. The molecule has 4 rings (SSSR count). The first-order valence-corrected chi connectivity index (χ1v) is 7.89. The second-order valence-corrected chi connectivity index (χ2v) is 5.85. The molecule has 3 aromatic rings. The van der Waals surface area contributed by atoms with E-state index < -0.39 is 0 Å². The van der Waals surface area contributed by atoms with Crippen LogP contribution in [0.15, 0.2) is 66.7 Å². The minimum absolute atomic E-state index is 0.104. The van der Waals surface area contributed by atoms with Crippen molar-refractivity contribution >= 4 is 28.4 Å². The van der Waals surface area contributed by atoms with E-state index in [1.54, 1.807) is 6.08 Å². The van der Waals surface area contributed by atoms with Gasteiger partial charge in [0, 0.05) is 17.1 Å². The van der Waals surface area contributed by atoms with E-state index in [1.165, 1.54) is 16.5 Å². The fourth-order valence-corrected chi connectivity index (χ4v) is 3.27. The number of benzene rings is 3. The normalized spacial score (nSPS) is 12.9. The average Bonchev–Trinajstić information content (AvgIpc) is 3.01. The molecule has 1 N–H and O–H groups in total. The van der Waals surface area contributed by atoms with Gasteiger partial charge in [-0.2, -0.15) is 0 Å². The van der Waals surface area contributed by atoms with E-state index in [9.17, 15) is 4.79 Å². The van der Waals surface area contributed by atoms with Crippen molar-refractivity contribution in [3.8, 4) is 0 Å². The lowest BCUT2D eigenvalue weighted by Gasteiger charge is -2.09. The molecule has 0 radical (unpaired) electrons. The Morgan fingerprint density at radius 1 is 0.870 bits per heavy atom. The van der Waals surface area contributed by atoms with E-state index in [-0.39, 0.29) is 5.91 Å². The number of amides is 1. The third-order valence-electron chi connectivity index (χ3n) is 4.36. The highest BCUT2D eigenvalue weighted by Gasteiger charge is 2.16. The van der Waals surface area contributed by atoms with Gasteiger partial charge >= 0.3 is 0 Å². The molecular formula is C21H17NO. The Balaban J connectivity index is 1.61. The van der Waals surface area contributed by atoms with Crippen LogP contribution in [-0.4, -0.2) is 5.91 Å². The molecule has 2 heteroatoms. The van der Waals surface area contributed by atoms with Gasteiger partial charge in [0.25, 0.3) is 0 Å². The molecule has 0 saturated carbocycles. The Kier molecular flexibility index (Phi) is 3.43. The number of nitrogens with one attached hydrogen (secondary N) is 1. The predicted molar refractivity (Wildman–Crippen MR) is 95.5 cm³/mol. The van der Waals surface area contributed by atoms with Crippen molar-refractivity contribution in [3.05, 3.63) is 83.4 Å². The molecule has 0 aromatic heterocycles. The average molecular weight is 299 g/mol. The standard InChI is InChI=1S/C21H17NO/c23-20(14-9-15-5-2-1-3-6-15)22-19-13-12-17-11-10-16-7-4-8-18(19)21(16)17/h1-9,12-14H,10-11H2,(H,22,23)/b14-9-. The summed E-state index contributed by atoms with van der Waals surface area (Å²) in [6.45, 7) is 0. The molecule has 0 spiro atoms. The first kappa shape index (κ1) is 13.8. The zero-order chi connectivity index (χ0) is 15.6. The van der Waals surface area contributed by atoms with Gasteiger partial charge in [-0.3, -0.25) is 4.79 Å². The van der Waals surface area contributed by atoms with Crippen LogP contribution in [0.2, 0.25) is 0 Å². The van der Waals surface area contributed by atoms with Crippen LogP contribution >= 0.6 is 0 Å². The largest absolute Gasteiger partial charge is 0.322 e. The van der Waals surface area contributed by atoms with Gasteiger partial charge in [0.2, 0.25) is 5.91 Å². The van der Waals surface area contributed by atoms with E-state index in [0.717, 1.165) is 29.5 Å². The highest BCUT2D eigenvalue weighted by atomic mass is 16.1. The first-order chi connectivity index (χ1) is 11.3. The number of aryl methyl sites for hydroxylation is 2. The highest BCUT2D eigenvalue weighted by molar-refractivity contribution is 6.09. The van der Waals surface area contributed by atoms with Crippen molar-refractivity contribution in [2.45, 2.75) is 12.8 Å². The predicted octanol–water partition coefficient (Wildman–Crippen LogP) is 4.59. The number of anilines is 1. The minimum Gasteiger partial charge on any atom is -0.322 e. The topological polar surface area (TPSA) is 29.1 Å². The van der Waals surface area contributed by atoms with Crippen molar-refractivity contribution in [2.24, 2.45) is 0 Å². The van der Waals surface area contributed by atoms with Crippen LogP contribution in [-0.2, 0) is 17.6 Å². The van der Waals surface area contributed by atoms with E-state index in [2.05, 4.69) is 29.6 Å². The van der Waals surface area contributed by atoms with Crippen LogP contribution in [0.4, 0.5) is 5.69 Å². The maximum Gasteiger partial charge on any atom is 0.248 e. The molecule has 0 atom stereocenters. The molecule has 0 heterocycles. The summed E-state index contributed by atoms with van der Waals surface area (Å²) in [5, 5.41) is 5.47. The van der Waals surface area contributed by atoms with Crippen LogP contribution in [0.3, 0.4) is 0 Å². The van der Waals surface area contributed by atoms with E-state index in [0.29, 0.717) is 0 Å². The fourth-order valence-electron chi connectivity index (χ4n) is 3.27. The molecule has 0 saturated heterocycles. The smallest absolute Gasteiger partial charge is 0.248 e. The van der Waals surface area contributed by atoms with Gasteiger partial charge in [-0.25, -0.2) is 0 Å². The van der Waals surface area contributed by atoms with E-state index in [1.807, 2.05) is 42.5 Å². The van der Waals surface area contributed by atoms with Gasteiger partial charge < -0.3 is 5.32 Å². The molecule has 0 unspecified atom stereocenters. The van der Waals surface area contributed by atoms with Crippen LogP contribution in [0.1, 0.15) is 16.7 Å². The van der Waals surface area contributed by atoms with Crippen LogP contribution < -0.4 is 5.32 Å². The Morgan fingerprint density at radius 3 is 2.48 bits per heavy atom. The molecule has 0 bridgehead atoms. The van der Waals surface area contributed by atoms with Gasteiger partial charge in [0.15, 0.2) is 0 Å². The van der Waals surface area contributed by atoms with Gasteiger partial charge in [-0.15, -0.1) is 0 Å².